The van der Waals surface area contributed by atoms with Gasteiger partial charge in [0.25, 0.3) is 0 Å². The molecule has 0 radical (unpaired) electrons. The molecular formula is C18H31ClN2O. The van der Waals surface area contributed by atoms with Gasteiger partial charge in [0.1, 0.15) is 0 Å². The maximum Gasteiger partial charge on any atom is 0.226 e. The van der Waals surface area contributed by atoms with E-state index in [0.717, 1.165) is 24.8 Å². The van der Waals surface area contributed by atoms with Crippen molar-refractivity contribution in [1.29, 1.82) is 0 Å². The van der Waals surface area contributed by atoms with E-state index in [1.807, 2.05) is 0 Å². The molecule has 1 saturated heterocycles. The van der Waals surface area contributed by atoms with E-state index in [1.165, 1.54) is 44.9 Å². The molecule has 126 valence electrons. The summed E-state index contributed by atoms with van der Waals surface area (Å²) < 4.78 is 0. The number of carbonyl (C=O) groups excluding carboxylic acids is 1. The summed E-state index contributed by atoms with van der Waals surface area (Å²) in [7, 11) is 0. The number of piperidine rings is 1. The predicted octanol–water partition coefficient (Wildman–Crippen LogP) is 3.21. The zero-order chi connectivity index (χ0) is 14.6. The van der Waals surface area contributed by atoms with Crippen LogP contribution >= 0.6 is 12.4 Å². The molecule has 4 heteroatoms. The Hall–Kier alpha value is -0.280. The Morgan fingerprint density at radius 1 is 1.05 bits per heavy atom. The van der Waals surface area contributed by atoms with Crippen molar-refractivity contribution in [2.24, 2.45) is 35.3 Å². The molecule has 2 N–H and O–H groups in total. The van der Waals surface area contributed by atoms with E-state index in [0.29, 0.717) is 29.7 Å². The van der Waals surface area contributed by atoms with Gasteiger partial charge in [-0.25, -0.2) is 0 Å². The number of hydrogen-bond acceptors (Lipinski definition) is 2. The highest BCUT2D eigenvalue weighted by atomic mass is 35.5. The Kier molecular flexibility index (Phi) is 4.76. The largest absolute Gasteiger partial charge is 0.338 e. The monoisotopic (exact) mass is 326 g/mol. The maximum absolute atomic E-state index is 13.3. The van der Waals surface area contributed by atoms with Crippen molar-refractivity contribution < 1.29 is 4.79 Å². The van der Waals surface area contributed by atoms with Gasteiger partial charge in [-0.3, -0.25) is 4.79 Å². The van der Waals surface area contributed by atoms with E-state index < -0.39 is 0 Å². The van der Waals surface area contributed by atoms with Crippen LogP contribution in [0.4, 0.5) is 0 Å². The molecular weight excluding hydrogens is 296 g/mol. The van der Waals surface area contributed by atoms with E-state index in [4.69, 9.17) is 5.73 Å². The van der Waals surface area contributed by atoms with Crippen LogP contribution in [0.2, 0.25) is 0 Å². The molecule has 4 saturated carbocycles. The van der Waals surface area contributed by atoms with E-state index in [1.54, 1.807) is 0 Å². The summed E-state index contributed by atoms with van der Waals surface area (Å²) in [5.41, 5.74) is 6.18. The molecule has 2 unspecified atom stereocenters. The molecule has 4 aliphatic carbocycles. The number of amides is 1. The van der Waals surface area contributed by atoms with Crippen molar-refractivity contribution in [3.63, 3.8) is 0 Å². The number of halogens is 1. The number of likely N-dealkylation sites (tertiary alicyclic amines) is 1. The molecule has 4 bridgehead atoms. The second-order valence-electron chi connectivity index (χ2n) is 8.41. The molecule has 5 fully saturated rings. The molecule has 5 rings (SSSR count). The summed E-state index contributed by atoms with van der Waals surface area (Å²) >= 11 is 0. The maximum atomic E-state index is 13.3. The third-order valence-electron chi connectivity index (χ3n) is 6.95. The number of nitrogens with two attached hydrogens (primary N) is 1. The fraction of sp³-hybridized carbons (Fsp3) is 0.944. The van der Waals surface area contributed by atoms with Crippen LogP contribution in [0, 0.1) is 29.6 Å². The highest BCUT2D eigenvalue weighted by molar-refractivity contribution is 5.85. The highest BCUT2D eigenvalue weighted by Gasteiger charge is 2.52. The number of nitrogens with zero attached hydrogens (tertiary/aromatic N) is 1. The third-order valence-corrected chi connectivity index (χ3v) is 6.95. The van der Waals surface area contributed by atoms with Crippen molar-refractivity contribution in [3.05, 3.63) is 0 Å². The molecule has 1 heterocycles. The van der Waals surface area contributed by atoms with Crippen LogP contribution in [-0.2, 0) is 4.79 Å². The Morgan fingerprint density at radius 3 is 2.18 bits per heavy atom. The zero-order valence-corrected chi connectivity index (χ0v) is 14.6. The van der Waals surface area contributed by atoms with Crippen LogP contribution in [0.25, 0.3) is 0 Å². The average Bonchev–Trinajstić information content (AvgIpc) is 2.46. The molecule has 3 nitrogen and oxygen atoms in total. The minimum absolute atomic E-state index is 0. The summed E-state index contributed by atoms with van der Waals surface area (Å²) in [5, 5.41) is 0. The van der Waals surface area contributed by atoms with Crippen LogP contribution in [0.1, 0.15) is 58.3 Å². The normalized spacial score (nSPS) is 44.5. The quantitative estimate of drug-likeness (QED) is 0.847. The van der Waals surface area contributed by atoms with Crippen LogP contribution < -0.4 is 5.73 Å². The van der Waals surface area contributed by atoms with Gasteiger partial charge in [0.05, 0.1) is 0 Å². The number of rotatable bonds is 2. The topological polar surface area (TPSA) is 46.3 Å². The first-order valence-electron chi connectivity index (χ1n) is 9.19. The smallest absolute Gasteiger partial charge is 0.226 e. The van der Waals surface area contributed by atoms with E-state index in [-0.39, 0.29) is 18.4 Å². The second-order valence-corrected chi connectivity index (χ2v) is 8.41. The average molecular weight is 327 g/mol. The van der Waals surface area contributed by atoms with E-state index in [2.05, 4.69) is 11.8 Å². The van der Waals surface area contributed by atoms with Crippen LogP contribution in [0.3, 0.4) is 0 Å². The first kappa shape index (κ1) is 16.6. The molecule has 5 aliphatic rings. The number of hydrogen-bond donors (Lipinski definition) is 1. The molecule has 1 aliphatic heterocycles. The van der Waals surface area contributed by atoms with Crippen LogP contribution in [0.5, 0.6) is 0 Å². The summed E-state index contributed by atoms with van der Waals surface area (Å²) in [6.45, 7) is 3.03. The van der Waals surface area contributed by atoms with Crippen LogP contribution in [-0.4, -0.2) is 29.4 Å². The Morgan fingerprint density at radius 2 is 1.64 bits per heavy atom. The minimum Gasteiger partial charge on any atom is -0.338 e. The fourth-order valence-corrected chi connectivity index (χ4v) is 6.30. The molecule has 1 amide bonds. The van der Waals surface area contributed by atoms with Crippen LogP contribution in [0.15, 0.2) is 0 Å². The third kappa shape index (κ3) is 2.69. The van der Waals surface area contributed by atoms with Crippen molar-refractivity contribution in [2.75, 3.05) is 6.54 Å². The Labute approximate surface area is 140 Å². The highest BCUT2D eigenvalue weighted by Crippen LogP contribution is 2.57. The molecule has 0 aromatic carbocycles. The van der Waals surface area contributed by atoms with E-state index >= 15 is 0 Å². The van der Waals surface area contributed by atoms with Gasteiger partial charge in [-0.1, -0.05) is 0 Å². The summed E-state index contributed by atoms with van der Waals surface area (Å²) in [6.07, 6.45) is 10.3. The number of carbonyl (C=O) groups is 1. The van der Waals surface area contributed by atoms with Crippen molar-refractivity contribution >= 4 is 18.3 Å². The lowest BCUT2D eigenvalue weighted by atomic mass is 9.51. The van der Waals surface area contributed by atoms with Gasteiger partial charge in [-0.15, -0.1) is 12.4 Å². The van der Waals surface area contributed by atoms with Gasteiger partial charge < -0.3 is 10.6 Å². The lowest BCUT2D eigenvalue weighted by molar-refractivity contribution is -0.153. The zero-order valence-electron chi connectivity index (χ0n) is 13.7. The van der Waals surface area contributed by atoms with Gasteiger partial charge in [0.2, 0.25) is 5.91 Å². The summed E-state index contributed by atoms with van der Waals surface area (Å²) in [4.78, 5) is 15.5. The predicted molar refractivity (Wildman–Crippen MR) is 90.8 cm³/mol. The molecule has 0 aromatic heterocycles. The first-order valence-corrected chi connectivity index (χ1v) is 9.19. The van der Waals surface area contributed by atoms with Gasteiger partial charge in [0.15, 0.2) is 0 Å². The van der Waals surface area contributed by atoms with E-state index in [9.17, 15) is 4.79 Å². The van der Waals surface area contributed by atoms with Crippen molar-refractivity contribution in [3.8, 4) is 0 Å². The molecule has 0 spiro atoms. The van der Waals surface area contributed by atoms with Crippen molar-refractivity contribution in [2.45, 2.75) is 70.4 Å². The summed E-state index contributed by atoms with van der Waals surface area (Å²) in [5.74, 6) is 4.11. The van der Waals surface area contributed by atoms with Gasteiger partial charge >= 0.3 is 0 Å². The Balaban J connectivity index is 0.00000144. The summed E-state index contributed by atoms with van der Waals surface area (Å²) in [6, 6.07) is 0.412. The lowest BCUT2D eigenvalue weighted by Gasteiger charge is -2.55. The Bertz CT molecular complexity index is 397. The lowest BCUT2D eigenvalue weighted by Crippen LogP contribution is -2.57. The van der Waals surface area contributed by atoms with Gasteiger partial charge in [-0.2, -0.15) is 0 Å². The van der Waals surface area contributed by atoms with Gasteiger partial charge in [0, 0.05) is 24.5 Å². The SMILES string of the molecule is CC(N)C1CCCCN1C(=O)C1C2CC3CC(C2)CC1C3.Cl. The standard InChI is InChI=1S/C18H30N2O.ClH/c1-11(19)16-4-2-3-5-20(16)18(21)17-14-7-12-6-13(9-14)10-15(17)8-12;/h11-17H,2-10,19H2,1H3;1H. The first-order chi connectivity index (χ1) is 10.1. The van der Waals surface area contributed by atoms with Crippen molar-refractivity contribution in [1.82, 2.24) is 4.90 Å². The van der Waals surface area contributed by atoms with Gasteiger partial charge in [-0.05, 0) is 82.0 Å². The molecule has 22 heavy (non-hydrogen) atoms. The second kappa shape index (κ2) is 6.32. The minimum atomic E-state index is 0. The fourth-order valence-electron chi connectivity index (χ4n) is 6.30. The molecule has 0 aromatic rings. The molecule has 2 atom stereocenters.